The molecule has 0 bridgehead atoms. The maximum Gasteiger partial charge on any atom is 0.153 e. The van der Waals surface area contributed by atoms with E-state index in [2.05, 4.69) is 49.8 Å². The molecular formula is C12H21N3O. The summed E-state index contributed by atoms with van der Waals surface area (Å²) in [6.07, 6.45) is 0.519. The number of aromatic nitrogens is 3. The summed E-state index contributed by atoms with van der Waals surface area (Å²) in [7, 11) is 0. The van der Waals surface area contributed by atoms with Gasteiger partial charge in [-0.15, -0.1) is 0 Å². The smallest absolute Gasteiger partial charge is 0.153 e. The summed E-state index contributed by atoms with van der Waals surface area (Å²) in [5.74, 6) is 3.08. The van der Waals surface area contributed by atoms with Gasteiger partial charge < -0.3 is 4.74 Å². The Morgan fingerprint density at radius 2 is 1.88 bits per heavy atom. The Balaban J connectivity index is 2.23. The van der Waals surface area contributed by atoms with Gasteiger partial charge in [-0.2, -0.15) is 5.10 Å². The molecule has 0 spiro atoms. The van der Waals surface area contributed by atoms with Gasteiger partial charge in [0.15, 0.2) is 5.82 Å². The van der Waals surface area contributed by atoms with Crippen LogP contribution in [0.25, 0.3) is 0 Å². The molecule has 0 aromatic carbocycles. The van der Waals surface area contributed by atoms with E-state index in [1.807, 2.05) is 0 Å². The van der Waals surface area contributed by atoms with Crippen LogP contribution in [0.1, 0.15) is 58.1 Å². The topological polar surface area (TPSA) is 50.8 Å². The molecule has 1 saturated heterocycles. The molecule has 1 N–H and O–H groups in total. The van der Waals surface area contributed by atoms with E-state index in [1.54, 1.807) is 0 Å². The maximum atomic E-state index is 5.82. The van der Waals surface area contributed by atoms with Crippen molar-refractivity contribution in [1.29, 1.82) is 0 Å². The Hall–Kier alpha value is -0.900. The van der Waals surface area contributed by atoms with Crippen LogP contribution in [0.2, 0.25) is 0 Å². The minimum atomic E-state index is 0.220. The second kappa shape index (κ2) is 4.17. The molecule has 4 heteroatoms. The molecule has 0 aliphatic carbocycles. The van der Waals surface area contributed by atoms with E-state index in [9.17, 15) is 0 Å². The molecule has 4 nitrogen and oxygen atoms in total. The molecule has 4 unspecified atom stereocenters. The highest BCUT2D eigenvalue weighted by molar-refractivity contribution is 5.07. The average Bonchev–Trinajstić information content (AvgIpc) is 2.74. The lowest BCUT2D eigenvalue weighted by Gasteiger charge is -2.14. The molecular weight excluding hydrogens is 202 g/mol. The summed E-state index contributed by atoms with van der Waals surface area (Å²) in [6.45, 7) is 10.7. The standard InChI is InChI=1S/C12H21N3O/c1-6(2)11-13-12(15-14-11)10-7(3)8(4)16-9(10)5/h6-10H,1-5H3,(H,13,14,15). The van der Waals surface area contributed by atoms with Gasteiger partial charge in [-0.05, 0) is 19.8 Å². The van der Waals surface area contributed by atoms with Crippen molar-refractivity contribution in [3.05, 3.63) is 11.6 Å². The third-order valence-electron chi connectivity index (χ3n) is 3.59. The van der Waals surface area contributed by atoms with Crippen LogP contribution in [0.5, 0.6) is 0 Å². The van der Waals surface area contributed by atoms with Gasteiger partial charge in [-0.3, -0.25) is 5.10 Å². The van der Waals surface area contributed by atoms with Gasteiger partial charge in [0.1, 0.15) is 5.82 Å². The number of ether oxygens (including phenoxy) is 1. The predicted molar refractivity (Wildman–Crippen MR) is 62.4 cm³/mol. The zero-order valence-corrected chi connectivity index (χ0v) is 10.7. The molecule has 1 aliphatic rings. The van der Waals surface area contributed by atoms with Crippen molar-refractivity contribution < 1.29 is 4.74 Å². The van der Waals surface area contributed by atoms with E-state index in [1.165, 1.54) is 0 Å². The number of nitrogens with one attached hydrogen (secondary N) is 1. The Labute approximate surface area is 96.8 Å². The third-order valence-corrected chi connectivity index (χ3v) is 3.59. The van der Waals surface area contributed by atoms with Gasteiger partial charge >= 0.3 is 0 Å². The normalized spacial score (nSPS) is 34.9. The van der Waals surface area contributed by atoms with Crippen LogP contribution in [-0.2, 0) is 4.74 Å². The van der Waals surface area contributed by atoms with Crippen molar-refractivity contribution in [3.63, 3.8) is 0 Å². The highest BCUT2D eigenvalue weighted by Gasteiger charge is 2.39. The molecule has 16 heavy (non-hydrogen) atoms. The molecule has 1 fully saturated rings. The molecule has 1 aromatic heterocycles. The predicted octanol–water partition coefficient (Wildman–Crippen LogP) is 2.46. The zero-order chi connectivity index (χ0) is 11.9. The number of hydrogen-bond acceptors (Lipinski definition) is 3. The van der Waals surface area contributed by atoms with Gasteiger partial charge in [0.25, 0.3) is 0 Å². The van der Waals surface area contributed by atoms with Crippen LogP contribution in [0, 0.1) is 5.92 Å². The minimum absolute atomic E-state index is 0.220. The number of H-pyrrole nitrogens is 1. The van der Waals surface area contributed by atoms with Gasteiger partial charge in [-0.1, -0.05) is 20.8 Å². The van der Waals surface area contributed by atoms with Crippen molar-refractivity contribution in [2.24, 2.45) is 5.92 Å². The van der Waals surface area contributed by atoms with Crippen LogP contribution in [-0.4, -0.2) is 27.4 Å². The summed E-state index contributed by atoms with van der Waals surface area (Å²) in [5.41, 5.74) is 0. The first-order chi connectivity index (χ1) is 7.50. The summed E-state index contributed by atoms with van der Waals surface area (Å²) in [6, 6.07) is 0. The molecule has 0 amide bonds. The molecule has 0 saturated carbocycles. The van der Waals surface area contributed by atoms with Gasteiger partial charge in [-0.25, -0.2) is 4.98 Å². The molecule has 90 valence electrons. The summed E-state index contributed by atoms with van der Waals surface area (Å²) < 4.78 is 5.82. The molecule has 4 atom stereocenters. The Morgan fingerprint density at radius 3 is 2.31 bits per heavy atom. The molecule has 2 heterocycles. The first-order valence-corrected chi connectivity index (χ1v) is 6.08. The molecule has 1 aromatic rings. The fourth-order valence-electron chi connectivity index (χ4n) is 2.43. The molecule has 1 aliphatic heterocycles. The minimum Gasteiger partial charge on any atom is -0.374 e. The molecule has 2 rings (SSSR count). The van der Waals surface area contributed by atoms with Crippen LogP contribution in [0.4, 0.5) is 0 Å². The van der Waals surface area contributed by atoms with E-state index in [4.69, 9.17) is 4.74 Å². The second-order valence-corrected chi connectivity index (χ2v) is 5.16. The Kier molecular flexibility index (Phi) is 3.02. The van der Waals surface area contributed by atoms with Crippen molar-refractivity contribution in [3.8, 4) is 0 Å². The van der Waals surface area contributed by atoms with Crippen molar-refractivity contribution in [2.75, 3.05) is 0 Å². The highest BCUT2D eigenvalue weighted by Crippen LogP contribution is 2.38. The first kappa shape index (κ1) is 11.6. The van der Waals surface area contributed by atoms with E-state index < -0.39 is 0 Å². The maximum absolute atomic E-state index is 5.82. The number of nitrogens with zero attached hydrogens (tertiary/aromatic N) is 2. The van der Waals surface area contributed by atoms with Crippen LogP contribution in [0.15, 0.2) is 0 Å². The average molecular weight is 223 g/mol. The first-order valence-electron chi connectivity index (χ1n) is 6.08. The van der Waals surface area contributed by atoms with E-state index in [0.29, 0.717) is 23.9 Å². The van der Waals surface area contributed by atoms with Gasteiger partial charge in [0.2, 0.25) is 0 Å². The SMILES string of the molecule is CC(C)c1n[nH]c(C2C(C)OC(C)C2C)n1. The third kappa shape index (κ3) is 1.86. The van der Waals surface area contributed by atoms with Crippen LogP contribution < -0.4 is 0 Å². The molecule has 0 radical (unpaired) electrons. The fraction of sp³-hybridized carbons (Fsp3) is 0.833. The Bertz CT molecular complexity index is 361. The van der Waals surface area contributed by atoms with E-state index >= 15 is 0 Å². The number of hydrogen-bond donors (Lipinski definition) is 1. The zero-order valence-electron chi connectivity index (χ0n) is 10.7. The summed E-state index contributed by atoms with van der Waals surface area (Å²) in [5, 5.41) is 7.33. The van der Waals surface area contributed by atoms with Crippen molar-refractivity contribution in [2.45, 2.75) is 58.7 Å². The lowest BCUT2D eigenvalue weighted by Crippen LogP contribution is -2.16. The number of aromatic amines is 1. The lowest BCUT2D eigenvalue weighted by atomic mass is 9.89. The largest absolute Gasteiger partial charge is 0.374 e. The monoisotopic (exact) mass is 223 g/mol. The van der Waals surface area contributed by atoms with Crippen molar-refractivity contribution in [1.82, 2.24) is 15.2 Å². The van der Waals surface area contributed by atoms with Gasteiger partial charge in [0.05, 0.1) is 12.2 Å². The quantitative estimate of drug-likeness (QED) is 0.838. The Morgan fingerprint density at radius 1 is 1.19 bits per heavy atom. The van der Waals surface area contributed by atoms with Crippen LogP contribution >= 0.6 is 0 Å². The highest BCUT2D eigenvalue weighted by atomic mass is 16.5. The summed E-state index contributed by atoms with van der Waals surface area (Å²) >= 11 is 0. The van der Waals surface area contributed by atoms with E-state index in [-0.39, 0.29) is 6.10 Å². The van der Waals surface area contributed by atoms with Gasteiger partial charge in [0, 0.05) is 11.8 Å². The second-order valence-electron chi connectivity index (χ2n) is 5.16. The van der Waals surface area contributed by atoms with Crippen molar-refractivity contribution >= 4 is 0 Å². The number of rotatable bonds is 2. The lowest BCUT2D eigenvalue weighted by molar-refractivity contribution is 0.0553. The fourth-order valence-corrected chi connectivity index (χ4v) is 2.43. The van der Waals surface area contributed by atoms with Crippen LogP contribution in [0.3, 0.4) is 0 Å². The van der Waals surface area contributed by atoms with E-state index in [0.717, 1.165) is 11.6 Å². The summed E-state index contributed by atoms with van der Waals surface area (Å²) in [4.78, 5) is 4.58.